The zero-order chi connectivity index (χ0) is 14.2. The fraction of sp³-hybridized carbons (Fsp3) is 0.786. The van der Waals surface area contributed by atoms with Crippen LogP contribution in [0.5, 0.6) is 0 Å². The number of rotatable bonds is 2. The third kappa shape index (κ3) is 2.24. The van der Waals surface area contributed by atoms with Gasteiger partial charge in [-0.2, -0.15) is 11.8 Å². The van der Waals surface area contributed by atoms with Crippen LogP contribution in [0, 0.1) is 11.3 Å². The number of carbonyl (C=O) groups excluding carboxylic acids is 3. The molecule has 1 saturated carbocycles. The van der Waals surface area contributed by atoms with Crippen molar-refractivity contribution in [3.05, 3.63) is 0 Å². The first-order valence-corrected chi connectivity index (χ1v) is 8.54. The first-order chi connectivity index (χ1) is 9.63. The molecule has 5 nitrogen and oxygen atoms in total. The van der Waals surface area contributed by atoms with E-state index in [-0.39, 0.29) is 11.8 Å². The molecule has 0 aromatic carbocycles. The van der Waals surface area contributed by atoms with Gasteiger partial charge in [0.25, 0.3) is 0 Å². The van der Waals surface area contributed by atoms with Gasteiger partial charge in [-0.3, -0.25) is 19.8 Å². The summed E-state index contributed by atoms with van der Waals surface area (Å²) in [6.07, 6.45) is 5.04. The van der Waals surface area contributed by atoms with Crippen LogP contribution >= 0.6 is 11.8 Å². The van der Waals surface area contributed by atoms with Crippen molar-refractivity contribution in [2.75, 3.05) is 18.1 Å². The molecule has 0 unspecified atom stereocenters. The number of barbiturate groups is 1. The van der Waals surface area contributed by atoms with Crippen molar-refractivity contribution in [1.82, 2.24) is 10.2 Å². The summed E-state index contributed by atoms with van der Waals surface area (Å²) >= 11 is 1.92. The maximum Gasteiger partial charge on any atom is 0.330 e. The zero-order valence-corrected chi connectivity index (χ0v) is 12.3. The molecule has 110 valence electrons. The first-order valence-electron chi connectivity index (χ1n) is 7.39. The van der Waals surface area contributed by atoms with E-state index < -0.39 is 11.4 Å². The highest BCUT2D eigenvalue weighted by Gasteiger charge is 2.55. The van der Waals surface area contributed by atoms with Crippen LogP contribution in [0.2, 0.25) is 0 Å². The van der Waals surface area contributed by atoms with Gasteiger partial charge in [-0.05, 0) is 43.1 Å². The second-order valence-electron chi connectivity index (χ2n) is 6.02. The number of urea groups is 1. The van der Waals surface area contributed by atoms with Gasteiger partial charge in [-0.1, -0.05) is 12.8 Å². The third-order valence-corrected chi connectivity index (χ3v) is 5.84. The van der Waals surface area contributed by atoms with Crippen molar-refractivity contribution in [1.29, 1.82) is 0 Å². The molecule has 6 heteroatoms. The van der Waals surface area contributed by atoms with Gasteiger partial charge in [-0.25, -0.2) is 4.79 Å². The monoisotopic (exact) mass is 296 g/mol. The Morgan fingerprint density at radius 1 is 1.15 bits per heavy atom. The quantitative estimate of drug-likeness (QED) is 0.789. The molecule has 20 heavy (non-hydrogen) atoms. The molecule has 0 bridgehead atoms. The Kier molecular flexibility index (Phi) is 3.75. The van der Waals surface area contributed by atoms with E-state index in [0.29, 0.717) is 25.3 Å². The Labute approximate surface area is 122 Å². The summed E-state index contributed by atoms with van der Waals surface area (Å²) in [5.74, 6) is 1.96. The predicted octanol–water partition coefficient (Wildman–Crippen LogP) is 1.77. The highest BCUT2D eigenvalue weighted by molar-refractivity contribution is 7.99. The van der Waals surface area contributed by atoms with Gasteiger partial charge in [0.2, 0.25) is 11.8 Å². The lowest BCUT2D eigenvalue weighted by molar-refractivity contribution is -0.151. The largest absolute Gasteiger partial charge is 0.330 e. The van der Waals surface area contributed by atoms with Crippen LogP contribution < -0.4 is 5.32 Å². The average molecular weight is 296 g/mol. The zero-order valence-electron chi connectivity index (χ0n) is 11.5. The summed E-state index contributed by atoms with van der Waals surface area (Å²) in [6, 6.07) is -0.518. The summed E-state index contributed by atoms with van der Waals surface area (Å²) < 4.78 is 0. The Morgan fingerprint density at radius 3 is 2.45 bits per heavy atom. The van der Waals surface area contributed by atoms with Gasteiger partial charge >= 0.3 is 6.03 Å². The Bertz CT molecular complexity index is 440. The Balaban J connectivity index is 1.77. The van der Waals surface area contributed by atoms with Crippen molar-refractivity contribution in [3.63, 3.8) is 0 Å². The van der Waals surface area contributed by atoms with Gasteiger partial charge in [0, 0.05) is 6.54 Å². The molecule has 4 amide bonds. The molecule has 2 heterocycles. The minimum absolute atomic E-state index is 0.248. The van der Waals surface area contributed by atoms with Crippen LogP contribution in [0.15, 0.2) is 0 Å². The third-order valence-electron chi connectivity index (χ3n) is 4.79. The second kappa shape index (κ2) is 5.39. The van der Waals surface area contributed by atoms with Crippen LogP contribution in [0.3, 0.4) is 0 Å². The molecular weight excluding hydrogens is 276 g/mol. The Hall–Kier alpha value is -1.04. The van der Waals surface area contributed by atoms with E-state index in [1.54, 1.807) is 0 Å². The minimum atomic E-state index is -0.947. The number of amides is 4. The van der Waals surface area contributed by atoms with E-state index in [4.69, 9.17) is 0 Å². The number of imide groups is 2. The standard InChI is InChI=1S/C14H20N2O3S/c17-11-14(5-1-2-6-14)12(18)16(13(19)15-11)9-10-3-7-20-8-4-10/h10H,1-9H2,(H,15,17,19). The molecule has 1 spiro atoms. The minimum Gasteiger partial charge on any atom is -0.277 e. The summed E-state index contributed by atoms with van der Waals surface area (Å²) in [4.78, 5) is 38.1. The second-order valence-corrected chi connectivity index (χ2v) is 7.24. The number of thioether (sulfide) groups is 1. The number of nitrogens with one attached hydrogen (secondary N) is 1. The van der Waals surface area contributed by atoms with Crippen molar-refractivity contribution in [2.24, 2.45) is 11.3 Å². The van der Waals surface area contributed by atoms with Crippen LogP contribution in [-0.4, -0.2) is 40.8 Å². The van der Waals surface area contributed by atoms with Crippen LogP contribution in [0.25, 0.3) is 0 Å². The molecular formula is C14H20N2O3S. The average Bonchev–Trinajstić information content (AvgIpc) is 2.94. The number of nitrogens with zero attached hydrogens (tertiary/aromatic N) is 1. The molecule has 0 aromatic rings. The SMILES string of the molecule is O=C1NC(=O)C2(CCCC2)C(=O)N1CC1CCSCC1. The molecule has 3 fully saturated rings. The maximum absolute atomic E-state index is 12.7. The van der Waals surface area contributed by atoms with Gasteiger partial charge in [-0.15, -0.1) is 0 Å². The number of hydrogen-bond acceptors (Lipinski definition) is 4. The van der Waals surface area contributed by atoms with Crippen LogP contribution in [0.1, 0.15) is 38.5 Å². The fourth-order valence-electron chi connectivity index (χ4n) is 3.50. The Morgan fingerprint density at radius 2 is 1.80 bits per heavy atom. The molecule has 2 saturated heterocycles. The normalized spacial score (nSPS) is 27.2. The van der Waals surface area contributed by atoms with Crippen LogP contribution in [0.4, 0.5) is 4.79 Å². The smallest absolute Gasteiger partial charge is 0.277 e. The molecule has 3 aliphatic rings. The van der Waals surface area contributed by atoms with Gasteiger partial charge in [0.1, 0.15) is 5.41 Å². The lowest BCUT2D eigenvalue weighted by Crippen LogP contribution is -2.63. The number of carbonyl (C=O) groups is 3. The first kappa shape index (κ1) is 13.9. The lowest BCUT2D eigenvalue weighted by Gasteiger charge is -2.38. The maximum atomic E-state index is 12.7. The summed E-state index contributed by atoms with van der Waals surface area (Å²) in [5, 5.41) is 2.40. The van der Waals surface area contributed by atoms with Crippen molar-refractivity contribution in [2.45, 2.75) is 38.5 Å². The summed E-state index contributed by atoms with van der Waals surface area (Å²) in [5.41, 5.74) is -0.947. The number of hydrogen-bond donors (Lipinski definition) is 1. The van der Waals surface area contributed by atoms with Gasteiger partial charge in [0.05, 0.1) is 0 Å². The molecule has 1 aliphatic carbocycles. The van der Waals surface area contributed by atoms with Crippen LogP contribution in [-0.2, 0) is 9.59 Å². The summed E-state index contributed by atoms with van der Waals surface area (Å²) in [6.45, 7) is 0.472. The van der Waals surface area contributed by atoms with E-state index in [1.165, 1.54) is 4.90 Å². The lowest BCUT2D eigenvalue weighted by atomic mass is 9.81. The van der Waals surface area contributed by atoms with E-state index >= 15 is 0 Å². The van der Waals surface area contributed by atoms with E-state index in [1.807, 2.05) is 11.8 Å². The molecule has 0 aromatic heterocycles. The van der Waals surface area contributed by atoms with E-state index in [0.717, 1.165) is 37.2 Å². The molecule has 3 rings (SSSR count). The van der Waals surface area contributed by atoms with E-state index in [9.17, 15) is 14.4 Å². The fourth-order valence-corrected chi connectivity index (χ4v) is 4.71. The van der Waals surface area contributed by atoms with Crippen molar-refractivity contribution >= 4 is 29.6 Å². The van der Waals surface area contributed by atoms with Gasteiger partial charge < -0.3 is 0 Å². The highest BCUT2D eigenvalue weighted by Crippen LogP contribution is 2.42. The van der Waals surface area contributed by atoms with Crippen molar-refractivity contribution in [3.8, 4) is 0 Å². The summed E-state index contributed by atoms with van der Waals surface area (Å²) in [7, 11) is 0. The van der Waals surface area contributed by atoms with Gasteiger partial charge in [0.15, 0.2) is 0 Å². The van der Waals surface area contributed by atoms with E-state index in [2.05, 4.69) is 5.32 Å². The topological polar surface area (TPSA) is 66.5 Å². The molecule has 1 N–H and O–H groups in total. The highest BCUT2D eigenvalue weighted by atomic mass is 32.2. The van der Waals surface area contributed by atoms with Crippen molar-refractivity contribution < 1.29 is 14.4 Å². The predicted molar refractivity (Wildman–Crippen MR) is 76.2 cm³/mol. The molecule has 0 atom stereocenters. The molecule has 2 aliphatic heterocycles. The molecule has 0 radical (unpaired) electrons.